The highest BCUT2D eigenvalue weighted by atomic mass is 79.9. The normalized spacial score (nSPS) is 21.8. The number of nitrogens with zero attached hydrogens (tertiary/aromatic N) is 2. The first-order valence-electron chi connectivity index (χ1n) is 7.00. The van der Waals surface area contributed by atoms with Crippen molar-refractivity contribution in [3.63, 3.8) is 0 Å². The molecule has 1 atom stereocenters. The van der Waals surface area contributed by atoms with Crippen LogP contribution in [0.1, 0.15) is 0 Å². The van der Waals surface area contributed by atoms with Crippen LogP contribution in [0.2, 0.25) is 25.7 Å². The second-order valence-corrected chi connectivity index (χ2v) is 13.2. The molecule has 1 heterocycles. The topological polar surface area (TPSA) is 35.5 Å². The molecule has 0 bridgehead atoms. The van der Waals surface area contributed by atoms with Gasteiger partial charge >= 0.3 is 0 Å². The summed E-state index contributed by atoms with van der Waals surface area (Å²) < 4.78 is 19.0. The van der Waals surface area contributed by atoms with Crippen molar-refractivity contribution in [3.05, 3.63) is 27.6 Å². The number of hydrogen-bond acceptors (Lipinski definition) is 3. The molecular weight excluding hydrogens is 355 g/mol. The molecule has 1 aromatic carbocycles. The quantitative estimate of drug-likeness (QED) is 0.335. The summed E-state index contributed by atoms with van der Waals surface area (Å²) in [4.78, 5) is 1.78. The summed E-state index contributed by atoms with van der Waals surface area (Å²) in [6, 6.07) is 3.92. The second-order valence-electron chi connectivity index (χ2n) is 6.81. The average molecular weight is 377 g/mol. The summed E-state index contributed by atoms with van der Waals surface area (Å²) in [5, 5.41) is 13.0. The van der Waals surface area contributed by atoms with Gasteiger partial charge in [0.2, 0.25) is 0 Å². The Labute approximate surface area is 134 Å². The van der Waals surface area contributed by atoms with E-state index in [1.807, 2.05) is 0 Å². The molecule has 4 nitrogen and oxygen atoms in total. The number of hydrogen-bond donors (Lipinski definition) is 0. The van der Waals surface area contributed by atoms with Crippen LogP contribution in [-0.4, -0.2) is 35.1 Å². The molecule has 0 saturated carbocycles. The molecule has 0 saturated heterocycles. The second kappa shape index (κ2) is 5.96. The van der Waals surface area contributed by atoms with Crippen LogP contribution >= 0.6 is 15.9 Å². The van der Waals surface area contributed by atoms with Gasteiger partial charge in [-0.25, -0.2) is 4.39 Å². The van der Waals surface area contributed by atoms with E-state index in [1.54, 1.807) is 18.0 Å². The van der Waals surface area contributed by atoms with Crippen molar-refractivity contribution in [1.82, 2.24) is 4.65 Å². The van der Waals surface area contributed by atoms with Gasteiger partial charge in [-0.15, -0.1) is 0 Å². The minimum Gasteiger partial charge on any atom is -0.624 e. The third-order valence-corrected chi connectivity index (χ3v) is 6.06. The molecule has 0 spiro atoms. The van der Waals surface area contributed by atoms with Crippen LogP contribution in [0.15, 0.2) is 16.6 Å². The molecule has 1 aromatic rings. The Morgan fingerprint density at radius 2 is 2.10 bits per heavy atom. The van der Waals surface area contributed by atoms with Gasteiger partial charge in [0.15, 0.2) is 19.1 Å². The van der Waals surface area contributed by atoms with E-state index in [4.69, 9.17) is 4.74 Å². The third-order valence-electron chi connectivity index (χ3n) is 3.61. The molecule has 0 aliphatic carbocycles. The zero-order valence-corrected chi connectivity index (χ0v) is 15.5. The predicted molar refractivity (Wildman–Crippen MR) is 91.5 cm³/mol. The third kappa shape index (κ3) is 3.65. The van der Waals surface area contributed by atoms with Crippen molar-refractivity contribution in [2.45, 2.75) is 25.7 Å². The largest absolute Gasteiger partial charge is 0.624 e. The maximum absolute atomic E-state index is 13.6. The van der Waals surface area contributed by atoms with E-state index in [1.165, 1.54) is 6.07 Å². The number of fused-ring (bicyclic) bond motifs is 1. The van der Waals surface area contributed by atoms with Crippen molar-refractivity contribution in [2.75, 3.05) is 32.0 Å². The highest BCUT2D eigenvalue weighted by Crippen LogP contribution is 2.45. The van der Waals surface area contributed by atoms with E-state index < -0.39 is 12.7 Å². The van der Waals surface area contributed by atoms with Gasteiger partial charge in [0, 0.05) is 21.2 Å². The minimum atomic E-state index is -1.16. The highest BCUT2D eigenvalue weighted by Gasteiger charge is 2.37. The van der Waals surface area contributed by atoms with Gasteiger partial charge in [0.05, 0.1) is 11.1 Å². The van der Waals surface area contributed by atoms with Crippen molar-refractivity contribution < 1.29 is 9.13 Å². The number of benzene rings is 1. The van der Waals surface area contributed by atoms with Crippen molar-refractivity contribution in [2.24, 2.45) is 0 Å². The Kier molecular flexibility index (Phi) is 4.80. The molecule has 0 aromatic heterocycles. The van der Waals surface area contributed by atoms with Crippen molar-refractivity contribution >= 4 is 35.4 Å². The van der Waals surface area contributed by atoms with E-state index >= 15 is 0 Å². The molecule has 1 aliphatic heterocycles. The molecular formula is C14H22BrFN2O2Si. The fraction of sp³-hybridized carbons (Fsp3) is 0.571. The first-order valence-corrected chi connectivity index (χ1v) is 11.5. The summed E-state index contributed by atoms with van der Waals surface area (Å²) in [5.74, 6) is -0.353. The van der Waals surface area contributed by atoms with Gasteiger partial charge < -0.3 is 14.8 Å². The Morgan fingerprint density at radius 1 is 1.43 bits per heavy atom. The Bertz CT molecular complexity index is 538. The van der Waals surface area contributed by atoms with Crippen LogP contribution in [-0.2, 0) is 4.74 Å². The molecule has 7 heteroatoms. The van der Waals surface area contributed by atoms with Gasteiger partial charge in [0.25, 0.3) is 0 Å². The minimum absolute atomic E-state index is 0.0693. The van der Waals surface area contributed by atoms with Crippen molar-refractivity contribution in [3.8, 4) is 0 Å². The first kappa shape index (κ1) is 16.9. The lowest BCUT2D eigenvalue weighted by atomic mass is 10.2. The van der Waals surface area contributed by atoms with E-state index in [-0.39, 0.29) is 19.2 Å². The highest BCUT2D eigenvalue weighted by molar-refractivity contribution is 9.10. The summed E-state index contributed by atoms with van der Waals surface area (Å²) in [6.45, 7) is 7.74. The molecule has 2 rings (SSSR count). The maximum Gasteiger partial charge on any atom is 0.189 e. The Balaban J connectivity index is 2.10. The van der Waals surface area contributed by atoms with Crippen LogP contribution in [0, 0.1) is 11.0 Å². The molecule has 1 unspecified atom stereocenters. The first-order chi connectivity index (χ1) is 9.64. The summed E-state index contributed by atoms with van der Waals surface area (Å²) >= 11 is 3.23. The number of quaternary nitrogens is 1. The van der Waals surface area contributed by atoms with Gasteiger partial charge in [0.1, 0.15) is 11.5 Å². The van der Waals surface area contributed by atoms with Crippen LogP contribution in [0.25, 0.3) is 0 Å². The standard InChI is InChI=1S/C14H22BrFN2O2Si/c1-17-9-18(19,10-20-7-8-21(2,3)4)12-6-5-11(16)13(15)14(12)17/h5-6H,7-10H2,1-4H3. The summed E-state index contributed by atoms with van der Waals surface area (Å²) in [5.41, 5.74) is 1.18. The Morgan fingerprint density at radius 3 is 2.71 bits per heavy atom. The smallest absolute Gasteiger partial charge is 0.189 e. The van der Waals surface area contributed by atoms with Crippen LogP contribution in [0.5, 0.6) is 0 Å². The summed E-state index contributed by atoms with van der Waals surface area (Å²) in [7, 11) is 0.633. The molecule has 0 amide bonds. The number of ether oxygens (including phenoxy) is 1. The molecule has 118 valence electrons. The van der Waals surface area contributed by atoms with Gasteiger partial charge in [-0.2, -0.15) is 0 Å². The van der Waals surface area contributed by atoms with Crippen LogP contribution in [0.4, 0.5) is 15.8 Å². The monoisotopic (exact) mass is 376 g/mol. The van der Waals surface area contributed by atoms with Gasteiger partial charge in [-0.05, 0) is 28.0 Å². The Hall–Kier alpha value is -0.473. The van der Waals surface area contributed by atoms with Gasteiger partial charge in [-0.3, -0.25) is 4.65 Å². The van der Waals surface area contributed by atoms with Crippen LogP contribution in [0.3, 0.4) is 0 Å². The molecule has 21 heavy (non-hydrogen) atoms. The molecule has 1 aliphatic rings. The lowest BCUT2D eigenvalue weighted by molar-refractivity contribution is 0.0694. The fourth-order valence-electron chi connectivity index (χ4n) is 2.41. The van der Waals surface area contributed by atoms with Gasteiger partial charge in [-0.1, -0.05) is 19.6 Å². The lowest BCUT2D eigenvalue weighted by Crippen LogP contribution is -2.46. The number of hydroxylamine groups is 2. The summed E-state index contributed by atoms with van der Waals surface area (Å²) in [6.07, 6.45) is 0. The lowest BCUT2D eigenvalue weighted by Gasteiger charge is -2.37. The number of anilines is 1. The molecule has 0 fully saturated rings. The van der Waals surface area contributed by atoms with E-state index in [0.29, 0.717) is 22.5 Å². The fourth-order valence-corrected chi connectivity index (χ4v) is 3.81. The van der Waals surface area contributed by atoms with Crippen LogP contribution < -0.4 is 9.55 Å². The SMILES string of the molecule is CN1C[N+]([O-])(COCC[Si](C)(C)C)c2ccc(F)c(Br)c21. The average Bonchev–Trinajstić information content (AvgIpc) is 2.61. The van der Waals surface area contributed by atoms with Crippen molar-refractivity contribution in [1.29, 1.82) is 0 Å². The van der Waals surface area contributed by atoms with E-state index in [9.17, 15) is 9.60 Å². The molecule has 0 radical (unpaired) electrons. The maximum atomic E-state index is 13.6. The zero-order chi connectivity index (χ0) is 15.8. The zero-order valence-electron chi connectivity index (χ0n) is 12.9. The number of halogens is 2. The molecule has 0 N–H and O–H groups in total. The predicted octanol–water partition coefficient (Wildman–Crippen LogP) is 4.11. The van der Waals surface area contributed by atoms with E-state index in [0.717, 1.165) is 6.04 Å². The van der Waals surface area contributed by atoms with E-state index in [2.05, 4.69) is 35.6 Å². The number of rotatable bonds is 5.